The lowest BCUT2D eigenvalue weighted by molar-refractivity contribution is 0.0732. The summed E-state index contributed by atoms with van der Waals surface area (Å²) in [6.07, 6.45) is 0. The predicted molar refractivity (Wildman–Crippen MR) is 98.6 cm³/mol. The lowest BCUT2D eigenvalue weighted by atomic mass is 10.1. The number of furan rings is 1. The molecule has 0 atom stereocenters. The van der Waals surface area contributed by atoms with Crippen LogP contribution in [0.1, 0.15) is 31.1 Å². The summed E-state index contributed by atoms with van der Waals surface area (Å²) in [6, 6.07) is 8.90. The SMILES string of the molecule is Cc1ccc(C2=NC(N)=NC3=C(Oc4cccc(C(C)(C)O)n4)CNN23)o1. The molecule has 9 nitrogen and oxygen atoms in total. The van der Waals surface area contributed by atoms with Crippen LogP contribution in [-0.2, 0) is 5.60 Å². The van der Waals surface area contributed by atoms with Crippen molar-refractivity contribution in [3.63, 3.8) is 0 Å². The number of guanidine groups is 1. The van der Waals surface area contributed by atoms with Gasteiger partial charge < -0.3 is 20.0 Å². The Kier molecular flexibility index (Phi) is 3.97. The third kappa shape index (κ3) is 3.29. The number of rotatable bonds is 4. The van der Waals surface area contributed by atoms with Gasteiger partial charge in [0.2, 0.25) is 11.8 Å². The van der Waals surface area contributed by atoms with Crippen LogP contribution in [0.2, 0.25) is 0 Å². The summed E-state index contributed by atoms with van der Waals surface area (Å²) in [6.45, 7) is 5.56. The van der Waals surface area contributed by atoms with E-state index in [1.54, 1.807) is 37.1 Å². The number of hydrogen-bond donors (Lipinski definition) is 3. The topological polar surface area (TPSA) is 122 Å². The first-order valence-corrected chi connectivity index (χ1v) is 8.45. The number of fused-ring (bicyclic) bond motifs is 1. The van der Waals surface area contributed by atoms with Crippen LogP contribution in [0.15, 0.2) is 56.3 Å². The van der Waals surface area contributed by atoms with Crippen molar-refractivity contribution in [2.45, 2.75) is 26.4 Å². The van der Waals surface area contributed by atoms with Gasteiger partial charge in [-0.25, -0.2) is 15.4 Å². The van der Waals surface area contributed by atoms with Crippen LogP contribution in [0.5, 0.6) is 5.88 Å². The second-order valence-corrected chi connectivity index (χ2v) is 6.75. The third-order valence-corrected chi connectivity index (χ3v) is 4.05. The zero-order chi connectivity index (χ0) is 19.2. The van der Waals surface area contributed by atoms with E-state index in [0.29, 0.717) is 41.3 Å². The molecule has 4 N–H and O–H groups in total. The molecule has 140 valence electrons. The van der Waals surface area contributed by atoms with Gasteiger partial charge in [0.05, 0.1) is 12.2 Å². The number of amidine groups is 1. The molecule has 0 radical (unpaired) electrons. The Morgan fingerprint density at radius 1 is 1.26 bits per heavy atom. The second kappa shape index (κ2) is 6.22. The fraction of sp³-hybridized carbons (Fsp3) is 0.278. The summed E-state index contributed by atoms with van der Waals surface area (Å²) in [5.74, 6) is 3.32. The molecule has 2 aromatic rings. The van der Waals surface area contributed by atoms with Crippen LogP contribution in [0.25, 0.3) is 0 Å². The minimum atomic E-state index is -1.07. The maximum Gasteiger partial charge on any atom is 0.224 e. The van der Waals surface area contributed by atoms with E-state index in [-0.39, 0.29) is 5.96 Å². The minimum absolute atomic E-state index is 0.105. The van der Waals surface area contributed by atoms with Crippen molar-refractivity contribution in [2.24, 2.45) is 15.7 Å². The molecule has 0 unspecified atom stereocenters. The first kappa shape index (κ1) is 17.3. The van der Waals surface area contributed by atoms with Crippen molar-refractivity contribution < 1.29 is 14.3 Å². The molecule has 0 amide bonds. The summed E-state index contributed by atoms with van der Waals surface area (Å²) in [5, 5.41) is 11.8. The first-order chi connectivity index (χ1) is 12.8. The van der Waals surface area contributed by atoms with Gasteiger partial charge in [0.1, 0.15) is 11.4 Å². The Labute approximate surface area is 155 Å². The Morgan fingerprint density at radius 2 is 2.07 bits per heavy atom. The molecular weight excluding hydrogens is 348 g/mol. The highest BCUT2D eigenvalue weighted by molar-refractivity contribution is 6.06. The van der Waals surface area contributed by atoms with E-state index in [2.05, 4.69) is 20.4 Å². The fourth-order valence-electron chi connectivity index (χ4n) is 2.75. The van der Waals surface area contributed by atoms with E-state index in [9.17, 15) is 5.11 Å². The molecule has 0 aliphatic carbocycles. The van der Waals surface area contributed by atoms with Crippen molar-refractivity contribution in [1.29, 1.82) is 0 Å². The maximum atomic E-state index is 10.1. The number of hydrogen-bond acceptors (Lipinski definition) is 9. The zero-order valence-electron chi connectivity index (χ0n) is 15.2. The minimum Gasteiger partial charge on any atom is -0.458 e. The number of aryl methyl sites for hydroxylation is 1. The largest absolute Gasteiger partial charge is 0.458 e. The van der Waals surface area contributed by atoms with Gasteiger partial charge in [-0.1, -0.05) is 6.07 Å². The number of nitrogens with zero attached hydrogens (tertiary/aromatic N) is 4. The quantitative estimate of drug-likeness (QED) is 0.745. The molecular formula is C18H20N6O3. The highest BCUT2D eigenvalue weighted by Crippen LogP contribution is 2.27. The van der Waals surface area contributed by atoms with Crippen LogP contribution in [0.3, 0.4) is 0 Å². The van der Waals surface area contributed by atoms with Gasteiger partial charge in [-0.2, -0.15) is 9.98 Å². The van der Waals surface area contributed by atoms with Crippen molar-refractivity contribution >= 4 is 11.8 Å². The molecule has 0 spiro atoms. The molecule has 0 bridgehead atoms. The lowest BCUT2D eigenvalue weighted by Crippen LogP contribution is -2.41. The standard InChI is InChI=1S/C18H20N6O3/c1-10-7-8-11(26-10)15-22-17(19)23-16-12(9-20-24(15)16)27-14-6-4-5-13(21-14)18(2,3)25/h4-8,20,25H,9H2,1-3H3,(H2,19,23). The number of nitrogens with two attached hydrogens (primary N) is 1. The summed E-state index contributed by atoms with van der Waals surface area (Å²) < 4.78 is 11.6. The van der Waals surface area contributed by atoms with Gasteiger partial charge in [-0.15, -0.1) is 0 Å². The molecule has 0 aromatic carbocycles. The third-order valence-electron chi connectivity index (χ3n) is 4.05. The van der Waals surface area contributed by atoms with Crippen LogP contribution >= 0.6 is 0 Å². The van der Waals surface area contributed by atoms with E-state index in [0.717, 1.165) is 5.76 Å². The van der Waals surface area contributed by atoms with Crippen molar-refractivity contribution in [3.8, 4) is 5.88 Å². The zero-order valence-corrected chi connectivity index (χ0v) is 15.2. The van der Waals surface area contributed by atoms with Crippen LogP contribution in [0, 0.1) is 6.92 Å². The second-order valence-electron chi connectivity index (χ2n) is 6.75. The molecule has 0 fully saturated rings. The normalized spacial score (nSPS) is 17.0. The Morgan fingerprint density at radius 3 is 2.78 bits per heavy atom. The van der Waals surface area contributed by atoms with Crippen LogP contribution in [0.4, 0.5) is 0 Å². The number of pyridine rings is 1. The van der Waals surface area contributed by atoms with Gasteiger partial charge in [-0.3, -0.25) is 0 Å². The molecule has 4 heterocycles. The van der Waals surface area contributed by atoms with E-state index < -0.39 is 5.60 Å². The number of nitrogens with one attached hydrogen (secondary N) is 1. The summed E-state index contributed by atoms with van der Waals surface area (Å²) in [5.41, 5.74) is 8.49. The van der Waals surface area contributed by atoms with E-state index >= 15 is 0 Å². The molecule has 0 saturated carbocycles. The molecule has 2 aliphatic rings. The lowest BCUT2D eigenvalue weighted by Gasteiger charge is -2.22. The smallest absolute Gasteiger partial charge is 0.224 e. The molecule has 9 heteroatoms. The number of aromatic nitrogens is 1. The van der Waals surface area contributed by atoms with Crippen molar-refractivity contribution in [3.05, 3.63) is 59.1 Å². The van der Waals surface area contributed by atoms with Gasteiger partial charge >= 0.3 is 0 Å². The maximum absolute atomic E-state index is 10.1. The average molecular weight is 368 g/mol. The van der Waals surface area contributed by atoms with Gasteiger partial charge in [0.25, 0.3) is 0 Å². The Hall–Kier alpha value is -3.17. The fourth-order valence-corrected chi connectivity index (χ4v) is 2.75. The number of ether oxygens (including phenoxy) is 1. The number of aliphatic hydroxyl groups is 1. The highest BCUT2D eigenvalue weighted by Gasteiger charge is 2.33. The van der Waals surface area contributed by atoms with Crippen LogP contribution < -0.4 is 15.9 Å². The average Bonchev–Trinajstić information content (AvgIpc) is 3.21. The molecule has 2 aromatic heterocycles. The van der Waals surface area contributed by atoms with Gasteiger partial charge in [0.15, 0.2) is 23.2 Å². The molecule has 0 saturated heterocycles. The van der Waals surface area contributed by atoms with Crippen molar-refractivity contribution in [1.82, 2.24) is 15.4 Å². The van der Waals surface area contributed by atoms with Crippen LogP contribution in [-0.4, -0.2) is 33.4 Å². The highest BCUT2D eigenvalue weighted by atomic mass is 16.5. The Balaban J connectivity index is 1.66. The monoisotopic (exact) mass is 368 g/mol. The number of hydrazine groups is 1. The molecule has 4 rings (SSSR count). The molecule has 27 heavy (non-hydrogen) atoms. The summed E-state index contributed by atoms with van der Waals surface area (Å²) in [7, 11) is 0. The first-order valence-electron chi connectivity index (χ1n) is 8.45. The van der Waals surface area contributed by atoms with E-state index in [1.165, 1.54) is 0 Å². The van der Waals surface area contributed by atoms with Gasteiger partial charge in [-0.05, 0) is 39.0 Å². The van der Waals surface area contributed by atoms with Crippen molar-refractivity contribution in [2.75, 3.05) is 6.54 Å². The predicted octanol–water partition coefficient (Wildman–Crippen LogP) is 1.35. The van der Waals surface area contributed by atoms with E-state index in [4.69, 9.17) is 14.9 Å². The summed E-state index contributed by atoms with van der Waals surface area (Å²) >= 11 is 0. The Bertz CT molecular complexity index is 983. The van der Waals surface area contributed by atoms with Gasteiger partial charge in [0, 0.05) is 6.07 Å². The molecule has 2 aliphatic heterocycles. The summed E-state index contributed by atoms with van der Waals surface area (Å²) in [4.78, 5) is 12.9. The van der Waals surface area contributed by atoms with E-state index in [1.807, 2.05) is 19.1 Å². The number of aliphatic imine (C=N–C) groups is 2.